The summed E-state index contributed by atoms with van der Waals surface area (Å²) in [7, 11) is 0. The number of aromatic nitrogens is 4. The molecule has 0 spiro atoms. The topological polar surface area (TPSA) is 93.8 Å². The fraction of sp³-hybridized carbons (Fsp3) is 0.0556. The highest BCUT2D eigenvalue weighted by Gasteiger charge is 2.14. The van der Waals surface area contributed by atoms with Crippen molar-refractivity contribution in [1.29, 1.82) is 0 Å². The average molecular weight is 331 g/mol. The van der Waals surface area contributed by atoms with Gasteiger partial charge in [0.15, 0.2) is 0 Å². The van der Waals surface area contributed by atoms with E-state index in [1.54, 1.807) is 30.7 Å². The molecule has 0 unspecified atom stereocenters. The SMILES string of the molecule is O=C(NCc1nnc(-c2nccc3ccccc23)o1)c1ccncc1. The van der Waals surface area contributed by atoms with E-state index < -0.39 is 0 Å². The lowest BCUT2D eigenvalue weighted by Crippen LogP contribution is -2.22. The van der Waals surface area contributed by atoms with Crippen LogP contribution < -0.4 is 5.32 Å². The lowest BCUT2D eigenvalue weighted by molar-refractivity contribution is 0.0947. The minimum absolute atomic E-state index is 0.138. The highest BCUT2D eigenvalue weighted by Crippen LogP contribution is 2.25. The number of hydrogen-bond donors (Lipinski definition) is 1. The van der Waals surface area contributed by atoms with E-state index >= 15 is 0 Å². The number of carbonyl (C=O) groups excluding carboxylic acids is 1. The fourth-order valence-corrected chi connectivity index (χ4v) is 2.47. The van der Waals surface area contributed by atoms with Crippen molar-refractivity contribution in [3.8, 4) is 11.6 Å². The number of pyridine rings is 2. The van der Waals surface area contributed by atoms with Gasteiger partial charge in [0.05, 0.1) is 6.54 Å². The Balaban J connectivity index is 1.53. The molecule has 3 aromatic heterocycles. The zero-order valence-corrected chi connectivity index (χ0v) is 13.1. The van der Waals surface area contributed by atoms with E-state index in [4.69, 9.17) is 4.42 Å². The molecule has 122 valence electrons. The highest BCUT2D eigenvalue weighted by atomic mass is 16.4. The summed E-state index contributed by atoms with van der Waals surface area (Å²) >= 11 is 0. The molecule has 1 N–H and O–H groups in total. The molecule has 0 fully saturated rings. The van der Waals surface area contributed by atoms with Crippen molar-refractivity contribution in [2.75, 3.05) is 0 Å². The molecule has 7 heteroatoms. The van der Waals surface area contributed by atoms with Crippen molar-refractivity contribution in [1.82, 2.24) is 25.5 Å². The van der Waals surface area contributed by atoms with Crippen LogP contribution in [0.2, 0.25) is 0 Å². The minimum Gasteiger partial charge on any atom is -0.417 e. The van der Waals surface area contributed by atoms with Gasteiger partial charge in [0.2, 0.25) is 5.89 Å². The van der Waals surface area contributed by atoms with E-state index in [1.165, 1.54) is 0 Å². The average Bonchev–Trinajstić information content (AvgIpc) is 3.15. The van der Waals surface area contributed by atoms with E-state index in [0.29, 0.717) is 23.0 Å². The predicted molar refractivity (Wildman–Crippen MR) is 90.4 cm³/mol. The molecule has 0 aliphatic rings. The van der Waals surface area contributed by atoms with Gasteiger partial charge in [0.25, 0.3) is 11.8 Å². The smallest absolute Gasteiger partial charge is 0.266 e. The normalized spacial score (nSPS) is 10.7. The molecule has 1 amide bonds. The van der Waals surface area contributed by atoms with Crippen molar-refractivity contribution in [3.05, 3.63) is 72.5 Å². The van der Waals surface area contributed by atoms with Crippen molar-refractivity contribution in [3.63, 3.8) is 0 Å². The molecule has 3 heterocycles. The predicted octanol–water partition coefficient (Wildman–Crippen LogP) is 2.61. The second-order valence-corrected chi connectivity index (χ2v) is 5.30. The van der Waals surface area contributed by atoms with Crippen LogP contribution in [0.15, 0.2) is 65.5 Å². The van der Waals surface area contributed by atoms with Gasteiger partial charge < -0.3 is 9.73 Å². The Morgan fingerprint density at radius 3 is 2.72 bits per heavy atom. The Bertz CT molecular complexity index is 1020. The van der Waals surface area contributed by atoms with Crippen LogP contribution in [0.1, 0.15) is 16.2 Å². The molecule has 0 saturated heterocycles. The van der Waals surface area contributed by atoms with E-state index in [1.807, 2.05) is 30.3 Å². The number of carbonyl (C=O) groups is 1. The van der Waals surface area contributed by atoms with Crippen molar-refractivity contribution >= 4 is 16.7 Å². The number of fused-ring (bicyclic) bond motifs is 1. The van der Waals surface area contributed by atoms with E-state index in [2.05, 4.69) is 25.5 Å². The van der Waals surface area contributed by atoms with Crippen LogP contribution in [0, 0.1) is 0 Å². The number of nitrogens with zero attached hydrogens (tertiary/aromatic N) is 4. The Labute approximate surface area is 142 Å². The molecule has 1 aromatic carbocycles. The molecule has 0 radical (unpaired) electrons. The summed E-state index contributed by atoms with van der Waals surface area (Å²) in [6.45, 7) is 0.138. The maximum absolute atomic E-state index is 12.0. The first-order valence-corrected chi connectivity index (χ1v) is 7.66. The summed E-state index contributed by atoms with van der Waals surface area (Å²) < 4.78 is 5.65. The van der Waals surface area contributed by atoms with Crippen LogP contribution in [0.4, 0.5) is 0 Å². The van der Waals surface area contributed by atoms with Crippen molar-refractivity contribution in [2.24, 2.45) is 0 Å². The minimum atomic E-state index is -0.231. The third kappa shape index (κ3) is 3.07. The van der Waals surface area contributed by atoms with Crippen LogP contribution in [-0.4, -0.2) is 26.1 Å². The summed E-state index contributed by atoms with van der Waals surface area (Å²) in [5, 5.41) is 12.7. The van der Waals surface area contributed by atoms with Crippen LogP contribution in [0.5, 0.6) is 0 Å². The second kappa shape index (κ2) is 6.48. The molecule has 4 aromatic rings. The third-order valence-corrected chi connectivity index (χ3v) is 3.69. The zero-order valence-electron chi connectivity index (χ0n) is 13.1. The summed E-state index contributed by atoms with van der Waals surface area (Å²) in [4.78, 5) is 20.3. The number of nitrogens with one attached hydrogen (secondary N) is 1. The lowest BCUT2D eigenvalue weighted by Gasteiger charge is -2.02. The first kappa shape index (κ1) is 14.9. The number of benzene rings is 1. The van der Waals surface area contributed by atoms with Crippen LogP contribution in [0.25, 0.3) is 22.4 Å². The largest absolute Gasteiger partial charge is 0.417 e. The van der Waals surface area contributed by atoms with Crippen molar-refractivity contribution in [2.45, 2.75) is 6.54 Å². The Morgan fingerprint density at radius 1 is 1.00 bits per heavy atom. The Kier molecular flexibility index (Phi) is 3.88. The van der Waals surface area contributed by atoms with Crippen LogP contribution >= 0.6 is 0 Å². The van der Waals surface area contributed by atoms with Gasteiger partial charge in [-0.2, -0.15) is 0 Å². The first-order chi connectivity index (χ1) is 12.3. The number of hydrogen-bond acceptors (Lipinski definition) is 6. The fourth-order valence-electron chi connectivity index (χ4n) is 2.47. The molecular formula is C18H13N5O2. The van der Waals surface area contributed by atoms with Gasteiger partial charge in [-0.05, 0) is 23.6 Å². The van der Waals surface area contributed by atoms with Gasteiger partial charge in [-0.15, -0.1) is 10.2 Å². The van der Waals surface area contributed by atoms with Crippen LogP contribution in [0.3, 0.4) is 0 Å². The number of rotatable bonds is 4. The highest BCUT2D eigenvalue weighted by molar-refractivity contribution is 5.94. The van der Waals surface area contributed by atoms with E-state index in [9.17, 15) is 4.79 Å². The molecule has 0 aliphatic heterocycles. The van der Waals surface area contributed by atoms with Gasteiger partial charge in [-0.1, -0.05) is 24.3 Å². The van der Waals surface area contributed by atoms with Gasteiger partial charge in [0, 0.05) is 29.5 Å². The van der Waals surface area contributed by atoms with Gasteiger partial charge >= 0.3 is 0 Å². The molecule has 0 aliphatic carbocycles. The zero-order chi connectivity index (χ0) is 17.1. The van der Waals surface area contributed by atoms with E-state index in [-0.39, 0.29) is 12.5 Å². The van der Waals surface area contributed by atoms with E-state index in [0.717, 1.165) is 10.8 Å². The quantitative estimate of drug-likeness (QED) is 0.618. The standard InChI is InChI=1S/C18H13N5O2/c24-17(13-5-8-19-9-6-13)21-11-15-22-23-18(25-15)16-14-4-2-1-3-12(14)7-10-20-16/h1-10H,11H2,(H,21,24). The molecule has 0 saturated carbocycles. The molecular weight excluding hydrogens is 318 g/mol. The molecule has 0 bridgehead atoms. The monoisotopic (exact) mass is 331 g/mol. The van der Waals surface area contributed by atoms with Gasteiger partial charge in [0.1, 0.15) is 5.69 Å². The first-order valence-electron chi connectivity index (χ1n) is 7.66. The number of amides is 1. The molecule has 0 atom stereocenters. The van der Waals surface area contributed by atoms with Gasteiger partial charge in [-0.25, -0.2) is 0 Å². The van der Waals surface area contributed by atoms with Crippen LogP contribution in [-0.2, 0) is 6.54 Å². The molecule has 25 heavy (non-hydrogen) atoms. The Morgan fingerprint density at radius 2 is 1.84 bits per heavy atom. The maximum Gasteiger partial charge on any atom is 0.266 e. The molecule has 4 rings (SSSR count). The lowest BCUT2D eigenvalue weighted by atomic mass is 10.1. The summed E-state index contributed by atoms with van der Waals surface area (Å²) in [5.74, 6) is 0.405. The summed E-state index contributed by atoms with van der Waals surface area (Å²) in [5.41, 5.74) is 1.14. The van der Waals surface area contributed by atoms with Crippen molar-refractivity contribution < 1.29 is 9.21 Å². The maximum atomic E-state index is 12.0. The second-order valence-electron chi connectivity index (χ2n) is 5.30. The van der Waals surface area contributed by atoms with Gasteiger partial charge in [-0.3, -0.25) is 14.8 Å². The molecule has 7 nitrogen and oxygen atoms in total. The Hall–Kier alpha value is -3.61. The third-order valence-electron chi connectivity index (χ3n) is 3.69. The summed E-state index contributed by atoms with van der Waals surface area (Å²) in [6, 6.07) is 13.0. The summed E-state index contributed by atoms with van der Waals surface area (Å²) in [6.07, 6.45) is 4.82.